The van der Waals surface area contributed by atoms with Gasteiger partial charge in [-0.15, -0.1) is 0 Å². The summed E-state index contributed by atoms with van der Waals surface area (Å²) in [6.07, 6.45) is 0.892. The largest absolute Gasteiger partial charge is 0.598 e. The average molecular weight is 121 g/mol. The first-order valence-corrected chi connectivity index (χ1v) is 3.61. The van der Waals surface area contributed by atoms with Crippen molar-refractivity contribution in [3.63, 3.8) is 0 Å². The van der Waals surface area contributed by atoms with Gasteiger partial charge in [-0.1, -0.05) is 6.92 Å². The third-order valence-corrected chi connectivity index (χ3v) is 2.10. The van der Waals surface area contributed by atoms with Crippen LogP contribution in [0.4, 0.5) is 0 Å². The minimum absolute atomic E-state index is 0.153. The zero-order valence-corrected chi connectivity index (χ0v) is 5.49. The molecule has 2 N–H and O–H groups in total. The highest BCUT2D eigenvalue weighted by atomic mass is 32.2. The summed E-state index contributed by atoms with van der Waals surface area (Å²) in [6.45, 7) is 3.84. The maximum absolute atomic E-state index is 10.3. The molecule has 0 radical (unpaired) electrons. The van der Waals surface area contributed by atoms with Gasteiger partial charge in [0.2, 0.25) is 0 Å². The molecule has 0 spiro atoms. The molecule has 0 heterocycles. The fraction of sp³-hybridized carbons (Fsp3) is 1.00. The van der Waals surface area contributed by atoms with E-state index < -0.39 is 11.4 Å². The van der Waals surface area contributed by atoms with E-state index in [4.69, 9.17) is 5.14 Å². The van der Waals surface area contributed by atoms with E-state index in [-0.39, 0.29) is 5.25 Å². The van der Waals surface area contributed by atoms with Crippen molar-refractivity contribution < 1.29 is 4.55 Å². The summed E-state index contributed by atoms with van der Waals surface area (Å²) in [5.74, 6) is 0. The van der Waals surface area contributed by atoms with Crippen LogP contribution in [0.3, 0.4) is 0 Å². The molecule has 3 heteroatoms. The van der Waals surface area contributed by atoms with E-state index in [9.17, 15) is 4.55 Å². The van der Waals surface area contributed by atoms with Crippen LogP contribution in [0.15, 0.2) is 0 Å². The first-order valence-electron chi connectivity index (χ1n) is 2.33. The topological polar surface area (TPSA) is 49.1 Å². The molecule has 0 aliphatic carbocycles. The fourth-order valence-electron chi connectivity index (χ4n) is 0.164. The Labute approximate surface area is 47.4 Å². The molecule has 44 valence electrons. The summed E-state index contributed by atoms with van der Waals surface area (Å²) in [6, 6.07) is 0. The Kier molecular flexibility index (Phi) is 3.42. The van der Waals surface area contributed by atoms with Crippen LogP contribution < -0.4 is 5.14 Å². The third-order valence-electron chi connectivity index (χ3n) is 0.971. The number of nitrogens with two attached hydrogens (primary N) is 1. The number of rotatable bonds is 2. The summed E-state index contributed by atoms with van der Waals surface area (Å²) < 4.78 is 10.3. The van der Waals surface area contributed by atoms with Gasteiger partial charge < -0.3 is 4.55 Å². The van der Waals surface area contributed by atoms with Crippen molar-refractivity contribution in [1.29, 1.82) is 0 Å². The Morgan fingerprint density at radius 2 is 2.29 bits per heavy atom. The van der Waals surface area contributed by atoms with Crippen LogP contribution in [0.25, 0.3) is 0 Å². The second-order valence-electron chi connectivity index (χ2n) is 1.55. The molecule has 2 nitrogen and oxygen atoms in total. The SMILES string of the molecule is CCC(C)[S@+](N)[O-]. The van der Waals surface area contributed by atoms with Gasteiger partial charge in [-0.25, -0.2) is 0 Å². The van der Waals surface area contributed by atoms with Crippen LogP contribution in [-0.2, 0) is 11.4 Å². The second-order valence-corrected chi connectivity index (χ2v) is 3.01. The molecule has 0 rings (SSSR count). The van der Waals surface area contributed by atoms with Gasteiger partial charge in [0.15, 0.2) is 0 Å². The van der Waals surface area contributed by atoms with E-state index >= 15 is 0 Å². The lowest BCUT2D eigenvalue weighted by Crippen LogP contribution is -2.24. The molecule has 0 saturated heterocycles. The van der Waals surface area contributed by atoms with Crippen LogP contribution in [0, 0.1) is 0 Å². The van der Waals surface area contributed by atoms with E-state index in [1.807, 2.05) is 13.8 Å². The van der Waals surface area contributed by atoms with E-state index in [0.717, 1.165) is 6.42 Å². The Balaban J connectivity index is 3.14. The smallest absolute Gasteiger partial charge is 0.132 e. The predicted molar refractivity (Wildman–Crippen MR) is 32.1 cm³/mol. The van der Waals surface area contributed by atoms with Crippen LogP contribution in [0.5, 0.6) is 0 Å². The molecule has 0 bridgehead atoms. The first kappa shape index (κ1) is 7.27. The number of hydrogen-bond acceptors (Lipinski definition) is 2. The first-order chi connectivity index (χ1) is 3.18. The van der Waals surface area contributed by atoms with Crippen molar-refractivity contribution in [2.45, 2.75) is 25.5 Å². The zero-order valence-electron chi connectivity index (χ0n) is 4.68. The lowest BCUT2D eigenvalue weighted by molar-refractivity contribution is 0.582. The van der Waals surface area contributed by atoms with E-state index in [2.05, 4.69) is 0 Å². The van der Waals surface area contributed by atoms with Crippen molar-refractivity contribution in [3.8, 4) is 0 Å². The average Bonchev–Trinajstić information content (AvgIpc) is 1.65. The lowest BCUT2D eigenvalue weighted by Gasteiger charge is -2.08. The summed E-state index contributed by atoms with van der Waals surface area (Å²) in [5, 5.41) is 5.17. The monoisotopic (exact) mass is 121 g/mol. The van der Waals surface area contributed by atoms with Crippen LogP contribution in [0.2, 0.25) is 0 Å². The Bertz CT molecular complexity index is 49.0. The molecule has 0 saturated carbocycles. The van der Waals surface area contributed by atoms with E-state index in [0.29, 0.717) is 0 Å². The van der Waals surface area contributed by atoms with Gasteiger partial charge in [0.05, 0.1) is 0 Å². The molecule has 0 aromatic rings. The maximum atomic E-state index is 10.3. The van der Waals surface area contributed by atoms with Gasteiger partial charge in [0, 0.05) is 11.4 Å². The van der Waals surface area contributed by atoms with Gasteiger partial charge in [0.1, 0.15) is 5.25 Å². The zero-order chi connectivity index (χ0) is 5.86. The summed E-state index contributed by atoms with van der Waals surface area (Å²) in [4.78, 5) is 0. The molecular formula is C4H11NOS. The van der Waals surface area contributed by atoms with Gasteiger partial charge in [-0.3, -0.25) is 0 Å². The lowest BCUT2D eigenvalue weighted by atomic mass is 10.4. The molecule has 0 amide bonds. The Morgan fingerprint density at radius 3 is 2.29 bits per heavy atom. The van der Waals surface area contributed by atoms with Crippen molar-refractivity contribution in [1.82, 2.24) is 0 Å². The summed E-state index contributed by atoms with van der Waals surface area (Å²) in [7, 11) is 0. The Morgan fingerprint density at radius 1 is 1.86 bits per heavy atom. The maximum Gasteiger partial charge on any atom is 0.132 e. The molecule has 0 aliphatic rings. The number of hydrogen-bond donors (Lipinski definition) is 1. The van der Waals surface area contributed by atoms with E-state index in [1.54, 1.807) is 0 Å². The predicted octanol–water partition coefficient (Wildman–Crippen LogP) is 0.407. The molecule has 0 aromatic carbocycles. The van der Waals surface area contributed by atoms with E-state index in [1.165, 1.54) is 0 Å². The van der Waals surface area contributed by atoms with Crippen molar-refractivity contribution in [2.24, 2.45) is 5.14 Å². The fourth-order valence-corrected chi connectivity index (χ4v) is 0.493. The third kappa shape index (κ3) is 2.91. The molecule has 0 aromatic heterocycles. The van der Waals surface area contributed by atoms with Crippen LogP contribution in [0.1, 0.15) is 20.3 Å². The van der Waals surface area contributed by atoms with Crippen molar-refractivity contribution in [2.75, 3.05) is 0 Å². The molecule has 0 aliphatic heterocycles. The minimum Gasteiger partial charge on any atom is -0.598 e. The highest BCUT2D eigenvalue weighted by Crippen LogP contribution is 1.97. The van der Waals surface area contributed by atoms with Gasteiger partial charge >= 0.3 is 0 Å². The molecule has 7 heavy (non-hydrogen) atoms. The van der Waals surface area contributed by atoms with Crippen LogP contribution in [-0.4, -0.2) is 9.80 Å². The Hall–Kier alpha value is 0.270. The molecule has 2 atom stereocenters. The molecule has 1 unspecified atom stereocenters. The highest BCUT2D eigenvalue weighted by Gasteiger charge is 2.07. The quantitative estimate of drug-likeness (QED) is 0.538. The van der Waals surface area contributed by atoms with Gasteiger partial charge in [-0.2, -0.15) is 5.14 Å². The van der Waals surface area contributed by atoms with Gasteiger partial charge in [0.25, 0.3) is 0 Å². The normalized spacial score (nSPS) is 18.9. The van der Waals surface area contributed by atoms with Gasteiger partial charge in [-0.05, 0) is 13.3 Å². The summed E-state index contributed by atoms with van der Waals surface area (Å²) in [5.41, 5.74) is 0. The van der Waals surface area contributed by atoms with Crippen molar-refractivity contribution in [3.05, 3.63) is 0 Å². The molecular weight excluding hydrogens is 110 g/mol. The standard InChI is InChI=1S/C4H11NOS/c1-3-4(2)7(5)6/h4H,3,5H2,1-2H3/t4?,7-/m1/s1. The second kappa shape index (κ2) is 3.29. The molecule has 0 fully saturated rings. The van der Waals surface area contributed by atoms with Crippen molar-refractivity contribution >= 4 is 11.4 Å². The minimum atomic E-state index is -1.11. The van der Waals surface area contributed by atoms with Crippen LogP contribution >= 0.6 is 0 Å². The highest BCUT2D eigenvalue weighted by molar-refractivity contribution is 7.89. The summed E-state index contributed by atoms with van der Waals surface area (Å²) >= 11 is -1.11.